The van der Waals surface area contributed by atoms with Gasteiger partial charge in [-0.3, -0.25) is 0 Å². The molecule has 0 aromatic carbocycles. The molecule has 2 aliphatic rings. The third-order valence-corrected chi connectivity index (χ3v) is 4.44. The topological polar surface area (TPSA) is 35.5 Å². The van der Waals surface area contributed by atoms with Crippen LogP contribution in [-0.4, -0.2) is 47.3 Å². The van der Waals surface area contributed by atoms with E-state index in [2.05, 4.69) is 24.1 Å². The Kier molecular flexibility index (Phi) is 4.68. The lowest BCUT2D eigenvalue weighted by Gasteiger charge is -2.37. The van der Waals surface area contributed by atoms with Gasteiger partial charge in [0.05, 0.1) is 5.60 Å². The maximum atomic E-state index is 10.3. The molecule has 2 fully saturated rings. The van der Waals surface area contributed by atoms with Gasteiger partial charge in [0.2, 0.25) is 0 Å². The lowest BCUT2D eigenvalue weighted by Crippen LogP contribution is -2.49. The second-order valence-corrected chi connectivity index (χ2v) is 7.03. The molecule has 0 aliphatic carbocycles. The van der Waals surface area contributed by atoms with Crippen LogP contribution in [0.1, 0.15) is 52.9 Å². The number of hydrogen-bond acceptors (Lipinski definition) is 3. The van der Waals surface area contributed by atoms with E-state index in [0.717, 1.165) is 19.0 Å². The summed E-state index contributed by atoms with van der Waals surface area (Å²) in [5.74, 6) is 0.554. The quantitative estimate of drug-likeness (QED) is 0.788. The molecule has 0 amide bonds. The number of aliphatic hydroxyl groups is 1. The number of nitrogens with one attached hydrogen (secondary N) is 1. The van der Waals surface area contributed by atoms with Crippen molar-refractivity contribution in [3.8, 4) is 0 Å². The van der Waals surface area contributed by atoms with Gasteiger partial charge in [0.25, 0.3) is 0 Å². The van der Waals surface area contributed by atoms with Crippen LogP contribution in [0, 0.1) is 5.92 Å². The van der Waals surface area contributed by atoms with E-state index in [1.165, 1.54) is 38.8 Å². The number of nitrogens with zero attached hydrogens (tertiary/aromatic N) is 1. The lowest BCUT2D eigenvalue weighted by molar-refractivity contribution is 0.0318. The van der Waals surface area contributed by atoms with E-state index in [9.17, 15) is 5.11 Å². The van der Waals surface area contributed by atoms with Gasteiger partial charge in [-0.1, -0.05) is 13.8 Å². The van der Waals surface area contributed by atoms with Crippen molar-refractivity contribution in [2.45, 2.75) is 70.6 Å². The average Bonchev–Trinajstić information content (AvgIpc) is 2.71. The Morgan fingerprint density at radius 2 is 2.11 bits per heavy atom. The maximum Gasteiger partial charge on any atom is 0.0746 e. The molecule has 0 aromatic heterocycles. The fourth-order valence-electron chi connectivity index (χ4n) is 3.73. The smallest absolute Gasteiger partial charge is 0.0746 e. The Bertz CT molecular complexity index is 265. The van der Waals surface area contributed by atoms with Gasteiger partial charge in [0.15, 0.2) is 0 Å². The van der Waals surface area contributed by atoms with Crippen LogP contribution in [0.25, 0.3) is 0 Å². The minimum absolute atomic E-state index is 0.554. The van der Waals surface area contributed by atoms with E-state index in [1.54, 1.807) is 0 Å². The lowest BCUT2D eigenvalue weighted by atomic mass is 9.92. The van der Waals surface area contributed by atoms with Gasteiger partial charge >= 0.3 is 0 Å². The predicted octanol–water partition coefficient (Wildman–Crippen LogP) is 2.00. The van der Waals surface area contributed by atoms with E-state index >= 15 is 0 Å². The SMILES string of the molecule is CC(C)CC(C)(O)CNC1CCN2CCCC2C1. The highest BCUT2D eigenvalue weighted by atomic mass is 16.3. The van der Waals surface area contributed by atoms with E-state index in [-0.39, 0.29) is 0 Å². The summed E-state index contributed by atoms with van der Waals surface area (Å²) in [5.41, 5.74) is -0.555. The Morgan fingerprint density at radius 1 is 1.33 bits per heavy atom. The minimum Gasteiger partial charge on any atom is -0.389 e. The zero-order valence-corrected chi connectivity index (χ0v) is 12.3. The third kappa shape index (κ3) is 3.94. The van der Waals surface area contributed by atoms with Crippen molar-refractivity contribution >= 4 is 0 Å². The van der Waals surface area contributed by atoms with Gasteiger partial charge < -0.3 is 15.3 Å². The van der Waals surface area contributed by atoms with Gasteiger partial charge in [-0.2, -0.15) is 0 Å². The first-order chi connectivity index (χ1) is 8.46. The first-order valence-electron chi connectivity index (χ1n) is 7.66. The zero-order chi connectivity index (χ0) is 13.2. The van der Waals surface area contributed by atoms with Crippen molar-refractivity contribution in [2.24, 2.45) is 5.92 Å². The minimum atomic E-state index is -0.555. The van der Waals surface area contributed by atoms with Crippen molar-refractivity contribution < 1.29 is 5.11 Å². The highest BCUT2D eigenvalue weighted by molar-refractivity contribution is 4.90. The van der Waals surface area contributed by atoms with Crippen molar-refractivity contribution in [1.29, 1.82) is 0 Å². The van der Waals surface area contributed by atoms with E-state index < -0.39 is 5.60 Å². The van der Waals surface area contributed by atoms with Gasteiger partial charge in [-0.25, -0.2) is 0 Å². The molecule has 2 N–H and O–H groups in total. The molecule has 3 unspecified atom stereocenters. The van der Waals surface area contributed by atoms with E-state index in [1.807, 2.05) is 6.92 Å². The van der Waals surface area contributed by atoms with Crippen molar-refractivity contribution in [1.82, 2.24) is 10.2 Å². The van der Waals surface area contributed by atoms with Crippen LogP contribution in [0.3, 0.4) is 0 Å². The van der Waals surface area contributed by atoms with Crippen molar-refractivity contribution in [3.63, 3.8) is 0 Å². The maximum absolute atomic E-state index is 10.3. The van der Waals surface area contributed by atoms with Gasteiger partial charge in [-0.15, -0.1) is 0 Å². The summed E-state index contributed by atoms with van der Waals surface area (Å²) in [5, 5.41) is 13.9. The first kappa shape index (κ1) is 14.3. The predicted molar refractivity (Wildman–Crippen MR) is 75.7 cm³/mol. The molecule has 0 spiro atoms. The Balaban J connectivity index is 1.73. The summed E-state index contributed by atoms with van der Waals surface area (Å²) < 4.78 is 0. The monoisotopic (exact) mass is 254 g/mol. The van der Waals surface area contributed by atoms with Crippen LogP contribution < -0.4 is 5.32 Å². The Labute approximate surface area is 112 Å². The highest BCUT2D eigenvalue weighted by Gasteiger charge is 2.32. The summed E-state index contributed by atoms with van der Waals surface area (Å²) in [4.78, 5) is 2.64. The molecular weight excluding hydrogens is 224 g/mol. The van der Waals surface area contributed by atoms with Gasteiger partial charge in [0, 0.05) is 18.6 Å². The van der Waals surface area contributed by atoms with E-state index in [4.69, 9.17) is 0 Å². The standard InChI is InChI=1S/C15H30N2O/c1-12(2)10-15(3,18)11-16-13-6-8-17-7-4-5-14(17)9-13/h12-14,16,18H,4-11H2,1-3H3. The molecule has 18 heavy (non-hydrogen) atoms. The molecule has 106 valence electrons. The zero-order valence-electron chi connectivity index (χ0n) is 12.3. The number of fused-ring (bicyclic) bond motifs is 1. The van der Waals surface area contributed by atoms with Gasteiger partial charge in [0.1, 0.15) is 0 Å². The van der Waals surface area contributed by atoms with Gasteiger partial charge in [-0.05, 0) is 58.0 Å². The van der Waals surface area contributed by atoms with Crippen LogP contribution in [0.15, 0.2) is 0 Å². The summed E-state index contributed by atoms with van der Waals surface area (Å²) >= 11 is 0. The molecule has 2 saturated heterocycles. The van der Waals surface area contributed by atoms with Crippen LogP contribution in [0.5, 0.6) is 0 Å². The van der Waals surface area contributed by atoms with E-state index in [0.29, 0.717) is 12.0 Å². The average molecular weight is 254 g/mol. The Hall–Kier alpha value is -0.120. The normalized spacial score (nSPS) is 32.5. The largest absolute Gasteiger partial charge is 0.389 e. The molecule has 0 saturated carbocycles. The molecule has 3 atom stereocenters. The van der Waals surface area contributed by atoms with Crippen molar-refractivity contribution in [3.05, 3.63) is 0 Å². The third-order valence-electron chi connectivity index (χ3n) is 4.44. The number of piperidine rings is 1. The molecule has 0 aromatic rings. The number of hydrogen-bond donors (Lipinski definition) is 2. The van der Waals surface area contributed by atoms with Crippen LogP contribution in [-0.2, 0) is 0 Å². The van der Waals surface area contributed by atoms with Crippen LogP contribution in [0.2, 0.25) is 0 Å². The Morgan fingerprint density at radius 3 is 2.83 bits per heavy atom. The second-order valence-electron chi connectivity index (χ2n) is 7.03. The molecule has 2 heterocycles. The molecule has 3 heteroatoms. The second kappa shape index (κ2) is 5.89. The summed E-state index contributed by atoms with van der Waals surface area (Å²) in [6.07, 6.45) is 6.15. The molecule has 2 rings (SSSR count). The summed E-state index contributed by atoms with van der Waals surface area (Å²) in [6, 6.07) is 1.43. The molecule has 2 aliphatic heterocycles. The molecule has 0 radical (unpaired) electrons. The fraction of sp³-hybridized carbons (Fsp3) is 1.00. The summed E-state index contributed by atoms with van der Waals surface area (Å²) in [6.45, 7) is 9.60. The first-order valence-corrected chi connectivity index (χ1v) is 7.66. The van der Waals surface area contributed by atoms with Crippen LogP contribution >= 0.6 is 0 Å². The number of rotatable bonds is 5. The summed E-state index contributed by atoms with van der Waals surface area (Å²) in [7, 11) is 0. The fourth-order valence-corrected chi connectivity index (χ4v) is 3.73. The highest BCUT2D eigenvalue weighted by Crippen LogP contribution is 2.27. The molecule has 0 bridgehead atoms. The van der Waals surface area contributed by atoms with Crippen LogP contribution in [0.4, 0.5) is 0 Å². The van der Waals surface area contributed by atoms with Crippen molar-refractivity contribution in [2.75, 3.05) is 19.6 Å². The molecular formula is C15H30N2O. The molecule has 3 nitrogen and oxygen atoms in total.